The molecule has 2 N–H and O–H groups in total. The third-order valence-electron chi connectivity index (χ3n) is 1.90. The van der Waals surface area contributed by atoms with E-state index in [2.05, 4.69) is 0 Å². The van der Waals surface area contributed by atoms with E-state index in [0.717, 1.165) is 12.2 Å². The van der Waals surface area contributed by atoms with E-state index in [-0.39, 0.29) is 5.97 Å². The number of rotatable bonds is 11. The van der Waals surface area contributed by atoms with Gasteiger partial charge >= 0.3 is 5.97 Å². The normalized spacial score (nSPS) is 12.4. The first-order chi connectivity index (χ1) is 8.22. The number of thioether (sulfide) groups is 1. The molecule has 102 valence electrons. The van der Waals surface area contributed by atoms with Gasteiger partial charge in [0, 0.05) is 19.5 Å². The predicted molar refractivity (Wildman–Crippen MR) is 69.2 cm³/mol. The van der Waals surface area contributed by atoms with Crippen LogP contribution >= 0.6 is 11.8 Å². The monoisotopic (exact) mass is 265 g/mol. The summed E-state index contributed by atoms with van der Waals surface area (Å²) in [6.07, 6.45) is 0.948. The van der Waals surface area contributed by atoms with Crippen LogP contribution in [0.4, 0.5) is 0 Å². The van der Waals surface area contributed by atoms with E-state index in [1.807, 2.05) is 0 Å². The van der Waals surface area contributed by atoms with Crippen LogP contribution < -0.4 is 5.73 Å². The molecule has 17 heavy (non-hydrogen) atoms. The van der Waals surface area contributed by atoms with Crippen LogP contribution in [0.1, 0.15) is 13.3 Å². The summed E-state index contributed by atoms with van der Waals surface area (Å²) in [4.78, 5) is 11.2. The van der Waals surface area contributed by atoms with Gasteiger partial charge in [-0.05, 0) is 19.1 Å². The Bertz CT molecular complexity index is 192. The number of carbonyl (C=O) groups excluding carboxylic acids is 1. The molecule has 0 fully saturated rings. The molecule has 0 heterocycles. The van der Waals surface area contributed by atoms with Crippen LogP contribution in [0.5, 0.6) is 0 Å². The van der Waals surface area contributed by atoms with Crippen molar-refractivity contribution in [3.8, 4) is 0 Å². The van der Waals surface area contributed by atoms with Gasteiger partial charge in [0.1, 0.15) is 6.04 Å². The zero-order valence-electron chi connectivity index (χ0n) is 10.6. The summed E-state index contributed by atoms with van der Waals surface area (Å²) in [7, 11) is 1.65. The Morgan fingerprint density at radius 3 is 2.76 bits per heavy atom. The lowest BCUT2D eigenvalue weighted by Crippen LogP contribution is -2.34. The van der Waals surface area contributed by atoms with E-state index in [1.165, 1.54) is 0 Å². The van der Waals surface area contributed by atoms with Crippen molar-refractivity contribution in [3.63, 3.8) is 0 Å². The quantitative estimate of drug-likeness (QED) is 0.437. The standard InChI is InChI=1S/C11H23NO4S/c1-3-16-11(13)10(12)9-17-8-4-5-15-7-6-14-2/h10H,3-9,12H2,1-2H3. The number of nitrogens with two attached hydrogens (primary N) is 1. The summed E-state index contributed by atoms with van der Waals surface area (Å²) in [6.45, 7) is 4.12. The first-order valence-electron chi connectivity index (χ1n) is 5.79. The Morgan fingerprint density at radius 2 is 2.12 bits per heavy atom. The molecule has 1 atom stereocenters. The largest absolute Gasteiger partial charge is 0.465 e. The summed E-state index contributed by atoms with van der Waals surface area (Å²) >= 11 is 1.64. The molecule has 0 aliphatic carbocycles. The van der Waals surface area contributed by atoms with Gasteiger partial charge in [0.15, 0.2) is 0 Å². The number of hydrogen-bond acceptors (Lipinski definition) is 6. The number of carbonyl (C=O) groups is 1. The van der Waals surface area contributed by atoms with Crippen LogP contribution in [-0.4, -0.2) is 57.1 Å². The third kappa shape index (κ3) is 10.6. The van der Waals surface area contributed by atoms with Crippen LogP contribution in [0.2, 0.25) is 0 Å². The predicted octanol–water partition coefficient (Wildman–Crippen LogP) is 0.663. The minimum absolute atomic E-state index is 0.323. The van der Waals surface area contributed by atoms with Gasteiger partial charge in [0.05, 0.1) is 19.8 Å². The molecule has 0 rings (SSSR count). The van der Waals surface area contributed by atoms with Crippen molar-refractivity contribution in [2.45, 2.75) is 19.4 Å². The maximum Gasteiger partial charge on any atom is 0.323 e. The summed E-state index contributed by atoms with van der Waals surface area (Å²) in [5, 5.41) is 0. The minimum Gasteiger partial charge on any atom is -0.465 e. The molecule has 0 aliphatic rings. The fraction of sp³-hybridized carbons (Fsp3) is 0.909. The van der Waals surface area contributed by atoms with E-state index >= 15 is 0 Å². The second-order valence-electron chi connectivity index (χ2n) is 3.39. The van der Waals surface area contributed by atoms with Crippen LogP contribution in [0.3, 0.4) is 0 Å². The Balaban J connectivity index is 3.24. The van der Waals surface area contributed by atoms with Gasteiger partial charge < -0.3 is 19.9 Å². The molecule has 0 aromatic rings. The van der Waals surface area contributed by atoms with Gasteiger partial charge in [0.25, 0.3) is 0 Å². The molecule has 0 bridgehead atoms. The summed E-state index contributed by atoms with van der Waals surface area (Å²) in [5.74, 6) is 1.20. The molecular formula is C11H23NO4S. The molecule has 0 spiro atoms. The number of esters is 1. The fourth-order valence-corrected chi connectivity index (χ4v) is 1.91. The first kappa shape index (κ1) is 16.7. The Kier molecular flexibility index (Phi) is 12.0. The summed E-state index contributed by atoms with van der Waals surface area (Å²) < 4.78 is 15.0. The smallest absolute Gasteiger partial charge is 0.323 e. The van der Waals surface area contributed by atoms with Gasteiger partial charge in [-0.15, -0.1) is 0 Å². The molecule has 0 amide bonds. The Morgan fingerprint density at radius 1 is 1.35 bits per heavy atom. The number of hydrogen-bond donors (Lipinski definition) is 1. The van der Waals surface area contributed by atoms with E-state index in [4.69, 9.17) is 19.9 Å². The molecule has 6 heteroatoms. The molecule has 1 unspecified atom stereocenters. The SMILES string of the molecule is CCOC(=O)C(N)CSCCCOCCOC. The van der Waals surface area contributed by atoms with Gasteiger partial charge in [-0.2, -0.15) is 11.8 Å². The van der Waals surface area contributed by atoms with Gasteiger partial charge in [-0.1, -0.05) is 0 Å². The second kappa shape index (κ2) is 12.2. The molecule has 0 aliphatic heterocycles. The summed E-state index contributed by atoms with van der Waals surface area (Å²) in [5.41, 5.74) is 5.64. The van der Waals surface area contributed by atoms with Gasteiger partial charge in [-0.3, -0.25) is 4.79 Å². The molecular weight excluding hydrogens is 242 g/mol. The van der Waals surface area contributed by atoms with Crippen molar-refractivity contribution in [2.75, 3.05) is 45.0 Å². The molecule has 0 saturated heterocycles. The van der Waals surface area contributed by atoms with Crippen LogP contribution in [0.15, 0.2) is 0 Å². The minimum atomic E-state index is -0.519. The molecule has 0 radical (unpaired) electrons. The average Bonchev–Trinajstić information content (AvgIpc) is 2.32. The number of methoxy groups -OCH3 is 1. The van der Waals surface area contributed by atoms with Crippen molar-refractivity contribution >= 4 is 17.7 Å². The maximum absolute atomic E-state index is 11.2. The maximum atomic E-state index is 11.2. The molecule has 0 aromatic carbocycles. The van der Waals surface area contributed by atoms with Crippen LogP contribution in [0, 0.1) is 0 Å². The zero-order chi connectivity index (χ0) is 12.9. The topological polar surface area (TPSA) is 70.8 Å². The fourth-order valence-electron chi connectivity index (χ4n) is 1.04. The Hall–Kier alpha value is -0.300. The van der Waals surface area contributed by atoms with Crippen molar-refractivity contribution in [2.24, 2.45) is 5.73 Å². The molecule has 0 aromatic heterocycles. The third-order valence-corrected chi connectivity index (χ3v) is 3.07. The lowest BCUT2D eigenvalue weighted by atomic mass is 10.4. The van der Waals surface area contributed by atoms with Crippen LogP contribution in [0.25, 0.3) is 0 Å². The molecule has 0 saturated carbocycles. The van der Waals surface area contributed by atoms with Gasteiger partial charge in [0.2, 0.25) is 0 Å². The van der Waals surface area contributed by atoms with Crippen molar-refractivity contribution in [3.05, 3.63) is 0 Å². The van der Waals surface area contributed by atoms with Crippen molar-refractivity contribution < 1.29 is 19.0 Å². The zero-order valence-corrected chi connectivity index (χ0v) is 11.5. The highest BCUT2D eigenvalue weighted by Crippen LogP contribution is 2.05. The lowest BCUT2D eigenvalue weighted by Gasteiger charge is -2.09. The highest BCUT2D eigenvalue weighted by atomic mass is 32.2. The first-order valence-corrected chi connectivity index (χ1v) is 6.94. The van der Waals surface area contributed by atoms with E-state index in [0.29, 0.717) is 32.2 Å². The average molecular weight is 265 g/mol. The van der Waals surface area contributed by atoms with Crippen molar-refractivity contribution in [1.82, 2.24) is 0 Å². The molecule has 5 nitrogen and oxygen atoms in total. The highest BCUT2D eigenvalue weighted by Gasteiger charge is 2.13. The van der Waals surface area contributed by atoms with E-state index < -0.39 is 6.04 Å². The second-order valence-corrected chi connectivity index (χ2v) is 4.54. The van der Waals surface area contributed by atoms with Crippen LogP contribution in [-0.2, 0) is 19.0 Å². The summed E-state index contributed by atoms with van der Waals surface area (Å²) in [6, 6.07) is -0.519. The number of ether oxygens (including phenoxy) is 3. The lowest BCUT2D eigenvalue weighted by molar-refractivity contribution is -0.144. The Labute approximate surface area is 107 Å². The van der Waals surface area contributed by atoms with E-state index in [1.54, 1.807) is 25.8 Å². The van der Waals surface area contributed by atoms with Crippen molar-refractivity contribution in [1.29, 1.82) is 0 Å². The van der Waals surface area contributed by atoms with E-state index in [9.17, 15) is 4.79 Å². The highest BCUT2D eigenvalue weighted by molar-refractivity contribution is 7.99. The van der Waals surface area contributed by atoms with Gasteiger partial charge in [-0.25, -0.2) is 0 Å².